The number of carbonyl (C=O) groups is 1. The maximum Gasteiger partial charge on any atom is 0.220 e. The lowest BCUT2D eigenvalue weighted by molar-refractivity contribution is -0.122. The van der Waals surface area contributed by atoms with Gasteiger partial charge in [-0.25, -0.2) is 4.98 Å². The minimum absolute atomic E-state index is 0. The van der Waals surface area contributed by atoms with Gasteiger partial charge in [-0.1, -0.05) is 12.1 Å². The number of carbonyl (C=O) groups excluding carboxylic acids is 1. The Hall–Kier alpha value is -0.880. The van der Waals surface area contributed by atoms with Gasteiger partial charge in [-0.2, -0.15) is 0 Å². The van der Waals surface area contributed by atoms with Gasteiger partial charge in [0.1, 0.15) is 0 Å². The van der Waals surface area contributed by atoms with Crippen molar-refractivity contribution in [3.8, 4) is 0 Å². The van der Waals surface area contributed by atoms with E-state index in [1.807, 2.05) is 18.2 Å². The molecular weight excluding hydrogens is 389 g/mol. The number of hydrogen-bond acceptors (Lipinski definition) is 4. The number of amides is 1. The fourth-order valence-electron chi connectivity index (χ4n) is 4.26. The van der Waals surface area contributed by atoms with Gasteiger partial charge < -0.3 is 10.6 Å². The second-order valence-electron chi connectivity index (χ2n) is 7.43. The van der Waals surface area contributed by atoms with Crippen LogP contribution in [0.25, 0.3) is 10.2 Å². The molecule has 2 saturated heterocycles. The van der Waals surface area contributed by atoms with E-state index < -0.39 is 0 Å². The molecule has 144 valence electrons. The molecular formula is C19H27Cl2N3OS. The number of halogens is 2. The summed E-state index contributed by atoms with van der Waals surface area (Å²) < 4.78 is 1.22. The number of aromatic nitrogens is 1. The third-order valence-electron chi connectivity index (χ3n) is 5.27. The van der Waals surface area contributed by atoms with E-state index in [1.54, 1.807) is 11.3 Å². The summed E-state index contributed by atoms with van der Waals surface area (Å²) in [5, 5.41) is 7.92. The molecule has 2 aliphatic rings. The molecule has 7 heteroatoms. The fraction of sp³-hybridized carbons (Fsp3) is 0.579. The molecule has 4 rings (SSSR count). The van der Waals surface area contributed by atoms with E-state index in [0.29, 0.717) is 24.4 Å². The molecule has 0 spiro atoms. The SMILES string of the molecule is CC(Cc1nc2ccccc2s1)NC(=O)CC1CC2CCC(C1)N2.Cl.Cl. The lowest BCUT2D eigenvalue weighted by Gasteiger charge is -2.29. The van der Waals surface area contributed by atoms with Crippen LogP contribution in [0.4, 0.5) is 0 Å². The Kier molecular flexibility index (Phi) is 7.71. The smallest absolute Gasteiger partial charge is 0.220 e. The summed E-state index contributed by atoms with van der Waals surface area (Å²) in [4.78, 5) is 17.0. The average molecular weight is 416 g/mol. The Balaban J connectivity index is 0.00000121. The monoisotopic (exact) mass is 415 g/mol. The number of hydrogen-bond donors (Lipinski definition) is 2. The van der Waals surface area contributed by atoms with E-state index in [1.165, 1.54) is 17.5 Å². The maximum absolute atomic E-state index is 12.4. The minimum Gasteiger partial charge on any atom is -0.353 e. The first-order valence-electron chi connectivity index (χ1n) is 9.05. The number of nitrogens with one attached hydrogen (secondary N) is 2. The molecule has 2 fully saturated rings. The number of fused-ring (bicyclic) bond motifs is 3. The molecule has 0 radical (unpaired) electrons. The highest BCUT2D eigenvalue weighted by Crippen LogP contribution is 2.32. The molecule has 0 saturated carbocycles. The Bertz CT molecular complexity index is 693. The van der Waals surface area contributed by atoms with Crippen LogP contribution >= 0.6 is 36.2 Å². The highest BCUT2D eigenvalue weighted by molar-refractivity contribution is 7.18. The number of para-hydroxylation sites is 1. The van der Waals surface area contributed by atoms with Crippen LogP contribution in [0.1, 0.15) is 44.0 Å². The van der Waals surface area contributed by atoms with Crippen molar-refractivity contribution in [3.05, 3.63) is 29.3 Å². The Morgan fingerprint density at radius 2 is 1.96 bits per heavy atom. The summed E-state index contributed by atoms with van der Waals surface area (Å²) in [6, 6.07) is 9.65. The molecule has 2 aromatic rings. The number of thiazole rings is 1. The van der Waals surface area contributed by atoms with Gasteiger partial charge in [0.05, 0.1) is 15.2 Å². The predicted octanol–water partition coefficient (Wildman–Crippen LogP) is 4.11. The summed E-state index contributed by atoms with van der Waals surface area (Å²) in [5.41, 5.74) is 1.06. The zero-order chi connectivity index (χ0) is 16.5. The first-order valence-corrected chi connectivity index (χ1v) is 9.87. The van der Waals surface area contributed by atoms with Crippen molar-refractivity contribution in [1.82, 2.24) is 15.6 Å². The third-order valence-corrected chi connectivity index (χ3v) is 6.33. The van der Waals surface area contributed by atoms with Crippen LogP contribution in [0.3, 0.4) is 0 Å². The second-order valence-corrected chi connectivity index (χ2v) is 8.54. The van der Waals surface area contributed by atoms with Crippen molar-refractivity contribution in [2.45, 2.75) is 63.6 Å². The van der Waals surface area contributed by atoms with Crippen LogP contribution in [0.15, 0.2) is 24.3 Å². The van der Waals surface area contributed by atoms with Gasteiger partial charge in [-0.05, 0) is 50.7 Å². The first-order chi connectivity index (χ1) is 11.7. The van der Waals surface area contributed by atoms with E-state index in [-0.39, 0.29) is 36.8 Å². The van der Waals surface area contributed by atoms with E-state index in [4.69, 9.17) is 0 Å². The van der Waals surface area contributed by atoms with Gasteiger partial charge in [0.25, 0.3) is 0 Å². The molecule has 2 N–H and O–H groups in total. The van der Waals surface area contributed by atoms with Crippen molar-refractivity contribution in [2.75, 3.05) is 0 Å². The van der Waals surface area contributed by atoms with Gasteiger partial charge in [-0.3, -0.25) is 4.79 Å². The standard InChI is InChI=1S/C19H25N3OS.2ClH/c1-12(8-19-22-16-4-2-3-5-17(16)24-19)20-18(23)11-13-9-14-6-7-15(10-13)21-14;;/h2-5,12-15,21H,6-11H2,1H3,(H,20,23);2*1H. The molecule has 2 aliphatic heterocycles. The Morgan fingerprint density at radius 1 is 1.27 bits per heavy atom. The van der Waals surface area contributed by atoms with Gasteiger partial charge in [0, 0.05) is 31.0 Å². The van der Waals surface area contributed by atoms with E-state index in [2.05, 4.69) is 28.6 Å². The third kappa shape index (κ3) is 5.10. The number of piperidine rings is 1. The molecule has 4 nitrogen and oxygen atoms in total. The van der Waals surface area contributed by atoms with Crippen LogP contribution in [0.2, 0.25) is 0 Å². The number of benzene rings is 1. The summed E-state index contributed by atoms with van der Waals surface area (Å²) in [5.74, 6) is 0.758. The van der Waals surface area contributed by atoms with Crippen LogP contribution in [0.5, 0.6) is 0 Å². The summed E-state index contributed by atoms with van der Waals surface area (Å²) in [7, 11) is 0. The summed E-state index contributed by atoms with van der Waals surface area (Å²) in [6.07, 6.45) is 6.39. The molecule has 1 aromatic heterocycles. The molecule has 0 aliphatic carbocycles. The van der Waals surface area contributed by atoms with Gasteiger partial charge in [0.2, 0.25) is 5.91 Å². The lowest BCUT2D eigenvalue weighted by Crippen LogP contribution is -2.41. The molecule has 1 amide bonds. The second kappa shape index (κ2) is 9.36. The molecule has 2 bridgehead atoms. The fourth-order valence-corrected chi connectivity index (χ4v) is 5.35. The topological polar surface area (TPSA) is 54.0 Å². The van der Waals surface area contributed by atoms with Crippen LogP contribution in [-0.2, 0) is 11.2 Å². The lowest BCUT2D eigenvalue weighted by atomic mass is 9.89. The molecule has 3 unspecified atom stereocenters. The first kappa shape index (κ1) is 21.4. The van der Waals surface area contributed by atoms with Crippen LogP contribution in [-0.4, -0.2) is 29.0 Å². The van der Waals surface area contributed by atoms with Crippen molar-refractivity contribution in [3.63, 3.8) is 0 Å². The van der Waals surface area contributed by atoms with Crippen LogP contribution in [0, 0.1) is 5.92 Å². The molecule has 3 heterocycles. The highest BCUT2D eigenvalue weighted by atomic mass is 35.5. The largest absolute Gasteiger partial charge is 0.353 e. The number of nitrogens with zero attached hydrogens (tertiary/aromatic N) is 1. The average Bonchev–Trinajstić information content (AvgIpc) is 3.09. The van der Waals surface area contributed by atoms with Gasteiger partial charge in [-0.15, -0.1) is 36.2 Å². The van der Waals surface area contributed by atoms with Crippen molar-refractivity contribution < 1.29 is 4.79 Å². The zero-order valence-corrected chi connectivity index (χ0v) is 17.4. The summed E-state index contributed by atoms with van der Waals surface area (Å²) >= 11 is 1.73. The Labute approximate surface area is 171 Å². The van der Waals surface area contributed by atoms with Crippen molar-refractivity contribution >= 4 is 52.3 Å². The quantitative estimate of drug-likeness (QED) is 0.772. The number of rotatable bonds is 5. The zero-order valence-electron chi connectivity index (χ0n) is 14.9. The maximum atomic E-state index is 12.4. The van der Waals surface area contributed by atoms with E-state index in [9.17, 15) is 4.79 Å². The Morgan fingerprint density at radius 3 is 2.65 bits per heavy atom. The van der Waals surface area contributed by atoms with Gasteiger partial charge in [0.15, 0.2) is 0 Å². The minimum atomic E-state index is 0. The normalized spacial score (nSPS) is 25.2. The van der Waals surface area contributed by atoms with E-state index in [0.717, 1.165) is 29.8 Å². The van der Waals surface area contributed by atoms with Crippen molar-refractivity contribution in [2.24, 2.45) is 5.92 Å². The highest BCUT2D eigenvalue weighted by Gasteiger charge is 2.34. The molecule has 3 atom stereocenters. The predicted molar refractivity (Wildman–Crippen MR) is 113 cm³/mol. The van der Waals surface area contributed by atoms with Crippen LogP contribution < -0.4 is 10.6 Å². The molecule has 26 heavy (non-hydrogen) atoms. The van der Waals surface area contributed by atoms with Gasteiger partial charge >= 0.3 is 0 Å². The van der Waals surface area contributed by atoms with E-state index >= 15 is 0 Å². The van der Waals surface area contributed by atoms with Crippen molar-refractivity contribution in [1.29, 1.82) is 0 Å². The molecule has 1 aromatic carbocycles. The summed E-state index contributed by atoms with van der Waals surface area (Å²) in [6.45, 7) is 2.08.